The van der Waals surface area contributed by atoms with Crippen LogP contribution in [0.15, 0.2) is 59.7 Å². The molecular weight excluding hydrogens is 428 g/mol. The van der Waals surface area contributed by atoms with Crippen molar-refractivity contribution in [3.05, 3.63) is 81.9 Å². The molecule has 0 radical (unpaired) electrons. The molecule has 0 atom stereocenters. The maximum Gasteiger partial charge on any atom is 0.297 e. The lowest BCUT2D eigenvalue weighted by Crippen LogP contribution is -2.34. The number of nitrogens with one attached hydrogen (secondary N) is 2. The summed E-state index contributed by atoms with van der Waals surface area (Å²) in [6.45, 7) is 11.1. The largest absolute Gasteiger partial charge is 0.493 e. The summed E-state index contributed by atoms with van der Waals surface area (Å²) in [6, 6.07) is 13.2. The third kappa shape index (κ3) is 5.65. The second-order valence-electron chi connectivity index (χ2n) is 8.76. The number of carbonyl (C=O) groups excluding carboxylic acids is 1. The van der Waals surface area contributed by atoms with Gasteiger partial charge >= 0.3 is 0 Å². The fourth-order valence-electron chi connectivity index (χ4n) is 3.76. The minimum Gasteiger partial charge on any atom is -0.493 e. The molecule has 3 aromatic rings. The van der Waals surface area contributed by atoms with Gasteiger partial charge in [-0.3, -0.25) is 14.2 Å². The lowest BCUT2D eigenvalue weighted by Gasteiger charge is -2.29. The first-order chi connectivity index (χ1) is 16.3. The van der Waals surface area contributed by atoms with Crippen LogP contribution in [0.2, 0.25) is 0 Å². The van der Waals surface area contributed by atoms with Crippen molar-refractivity contribution in [2.75, 3.05) is 18.5 Å². The molecule has 7 heteroatoms. The second-order valence-corrected chi connectivity index (χ2v) is 8.76. The van der Waals surface area contributed by atoms with Crippen molar-refractivity contribution in [1.29, 1.82) is 0 Å². The topological polar surface area (TPSA) is 85.2 Å². The van der Waals surface area contributed by atoms with Crippen LogP contribution >= 0.6 is 0 Å². The molecule has 3 rings (SSSR count). The molecule has 0 unspecified atom stereocenters. The van der Waals surface area contributed by atoms with Gasteiger partial charge in [-0.05, 0) is 57.9 Å². The minimum atomic E-state index is -0.619. The first kappa shape index (κ1) is 25.0. The number of hydrogen-bond acceptors (Lipinski definition) is 5. The summed E-state index contributed by atoms with van der Waals surface area (Å²) in [6.07, 6.45) is 5.23. The van der Waals surface area contributed by atoms with Crippen LogP contribution in [-0.4, -0.2) is 28.6 Å². The summed E-state index contributed by atoms with van der Waals surface area (Å²) in [4.78, 5) is 30.1. The van der Waals surface area contributed by atoms with Gasteiger partial charge < -0.3 is 15.4 Å². The SMILES string of the molecule is CCCCOc1ccccc1C(C)(C)Nc1nccn(-c2cc(C(=O)NCC)ccc2C)c1=O. The number of aromatic nitrogens is 2. The van der Waals surface area contributed by atoms with Gasteiger partial charge in [-0.2, -0.15) is 0 Å². The summed E-state index contributed by atoms with van der Waals surface area (Å²) < 4.78 is 7.54. The molecule has 1 aromatic heterocycles. The van der Waals surface area contributed by atoms with Crippen molar-refractivity contribution in [1.82, 2.24) is 14.9 Å². The molecule has 2 N–H and O–H groups in total. The molecule has 180 valence electrons. The highest BCUT2D eigenvalue weighted by molar-refractivity contribution is 5.94. The summed E-state index contributed by atoms with van der Waals surface area (Å²) in [5.41, 5.74) is 2.04. The third-order valence-corrected chi connectivity index (χ3v) is 5.66. The molecular formula is C27H34N4O3. The first-order valence-corrected chi connectivity index (χ1v) is 11.8. The monoisotopic (exact) mass is 462 g/mol. The molecule has 34 heavy (non-hydrogen) atoms. The Morgan fingerprint density at radius 3 is 2.65 bits per heavy atom. The molecule has 0 aliphatic rings. The number of carbonyl (C=O) groups is 1. The van der Waals surface area contributed by atoms with Gasteiger partial charge in [-0.15, -0.1) is 0 Å². The highest BCUT2D eigenvalue weighted by atomic mass is 16.5. The zero-order chi connectivity index (χ0) is 24.7. The molecule has 0 saturated carbocycles. The number of anilines is 1. The molecule has 0 aliphatic heterocycles. The van der Waals surface area contributed by atoms with E-state index < -0.39 is 5.54 Å². The van der Waals surface area contributed by atoms with Crippen LogP contribution in [0.25, 0.3) is 5.69 Å². The van der Waals surface area contributed by atoms with Crippen LogP contribution in [-0.2, 0) is 5.54 Å². The first-order valence-electron chi connectivity index (χ1n) is 11.8. The van der Waals surface area contributed by atoms with Gasteiger partial charge in [-0.1, -0.05) is 37.6 Å². The number of unbranched alkanes of at least 4 members (excludes halogenated alkanes) is 1. The fourth-order valence-corrected chi connectivity index (χ4v) is 3.76. The van der Waals surface area contributed by atoms with Crippen LogP contribution in [0.3, 0.4) is 0 Å². The number of amides is 1. The molecule has 7 nitrogen and oxygen atoms in total. The molecule has 2 aromatic carbocycles. The number of aryl methyl sites for hydroxylation is 1. The second kappa shape index (κ2) is 11.0. The van der Waals surface area contributed by atoms with Gasteiger partial charge in [0.05, 0.1) is 17.8 Å². The van der Waals surface area contributed by atoms with E-state index in [0.717, 1.165) is 29.7 Å². The predicted molar refractivity (Wildman–Crippen MR) is 136 cm³/mol. The summed E-state index contributed by atoms with van der Waals surface area (Å²) >= 11 is 0. The Balaban J connectivity index is 1.96. The Morgan fingerprint density at radius 2 is 1.91 bits per heavy atom. The smallest absolute Gasteiger partial charge is 0.297 e. The Bertz CT molecular complexity index is 1200. The van der Waals surface area contributed by atoms with Crippen LogP contribution < -0.4 is 20.9 Å². The zero-order valence-corrected chi connectivity index (χ0v) is 20.6. The Hall–Kier alpha value is -3.61. The number of nitrogens with zero attached hydrogens (tertiary/aromatic N) is 2. The molecule has 0 spiro atoms. The lowest BCUT2D eigenvalue weighted by molar-refractivity contribution is 0.0956. The van der Waals surface area contributed by atoms with E-state index in [2.05, 4.69) is 22.5 Å². The van der Waals surface area contributed by atoms with Gasteiger partial charge in [0, 0.05) is 30.1 Å². The molecule has 0 fully saturated rings. The van der Waals surface area contributed by atoms with Crippen molar-refractivity contribution < 1.29 is 9.53 Å². The van der Waals surface area contributed by atoms with Crippen molar-refractivity contribution in [3.8, 4) is 11.4 Å². The number of rotatable bonds is 10. The van der Waals surface area contributed by atoms with Gasteiger partial charge in [0.25, 0.3) is 11.5 Å². The molecule has 0 aliphatic carbocycles. The standard InChI is InChI=1S/C27H34N4O3/c1-6-8-17-34-23-12-10-9-11-21(23)27(4,5)30-24-26(33)31(16-15-29-24)22-18-20(14-13-19(22)3)25(32)28-7-2/h9-16,18H,6-8,17H2,1-5H3,(H,28,32)(H,29,30). The van der Waals surface area contributed by atoms with Crippen molar-refractivity contribution >= 4 is 11.7 Å². The van der Waals surface area contributed by atoms with E-state index in [1.807, 2.05) is 58.0 Å². The Labute approximate surface area is 201 Å². The number of hydrogen-bond donors (Lipinski definition) is 2. The normalized spacial score (nSPS) is 11.2. The maximum absolute atomic E-state index is 13.4. The van der Waals surface area contributed by atoms with E-state index in [1.54, 1.807) is 24.5 Å². The Morgan fingerprint density at radius 1 is 1.15 bits per heavy atom. The average Bonchev–Trinajstić information content (AvgIpc) is 2.81. The average molecular weight is 463 g/mol. The van der Waals surface area contributed by atoms with Gasteiger partial charge in [0.1, 0.15) is 5.75 Å². The van der Waals surface area contributed by atoms with Gasteiger partial charge in [-0.25, -0.2) is 4.98 Å². The van der Waals surface area contributed by atoms with E-state index in [1.165, 1.54) is 4.57 Å². The predicted octanol–water partition coefficient (Wildman–Crippen LogP) is 4.82. The van der Waals surface area contributed by atoms with Gasteiger partial charge in [0.2, 0.25) is 0 Å². The number of benzene rings is 2. The van der Waals surface area contributed by atoms with E-state index in [4.69, 9.17) is 4.74 Å². The van der Waals surface area contributed by atoms with E-state index >= 15 is 0 Å². The van der Waals surface area contributed by atoms with E-state index in [0.29, 0.717) is 24.4 Å². The molecule has 0 bridgehead atoms. The fraction of sp³-hybridized carbons (Fsp3) is 0.370. The lowest BCUT2D eigenvalue weighted by atomic mass is 9.93. The Kier molecular flexibility index (Phi) is 8.10. The highest BCUT2D eigenvalue weighted by Gasteiger charge is 2.26. The van der Waals surface area contributed by atoms with Crippen molar-refractivity contribution in [3.63, 3.8) is 0 Å². The van der Waals surface area contributed by atoms with E-state index in [-0.39, 0.29) is 17.3 Å². The van der Waals surface area contributed by atoms with Crippen molar-refractivity contribution in [2.45, 2.75) is 53.0 Å². The molecule has 1 heterocycles. The maximum atomic E-state index is 13.4. The molecule has 0 saturated heterocycles. The number of para-hydroxylation sites is 1. The molecule has 1 amide bonds. The highest BCUT2D eigenvalue weighted by Crippen LogP contribution is 2.32. The van der Waals surface area contributed by atoms with Crippen LogP contribution in [0.4, 0.5) is 5.82 Å². The quantitative estimate of drug-likeness (QED) is 0.422. The number of ether oxygens (including phenoxy) is 1. The zero-order valence-electron chi connectivity index (χ0n) is 20.6. The summed E-state index contributed by atoms with van der Waals surface area (Å²) in [5.74, 6) is 0.832. The van der Waals surface area contributed by atoms with Gasteiger partial charge in [0.15, 0.2) is 5.82 Å². The third-order valence-electron chi connectivity index (χ3n) is 5.66. The minimum absolute atomic E-state index is 0.176. The van der Waals surface area contributed by atoms with Crippen LogP contribution in [0, 0.1) is 6.92 Å². The summed E-state index contributed by atoms with van der Waals surface area (Å²) in [5, 5.41) is 6.11. The van der Waals surface area contributed by atoms with Crippen molar-refractivity contribution in [2.24, 2.45) is 0 Å². The van der Waals surface area contributed by atoms with Crippen LogP contribution in [0.5, 0.6) is 5.75 Å². The van der Waals surface area contributed by atoms with Crippen LogP contribution in [0.1, 0.15) is 62.0 Å². The summed E-state index contributed by atoms with van der Waals surface area (Å²) in [7, 11) is 0. The van der Waals surface area contributed by atoms with E-state index in [9.17, 15) is 9.59 Å².